The van der Waals surface area contributed by atoms with E-state index in [9.17, 15) is 0 Å². The normalized spacial score (nSPS) is 38.8. The zero-order valence-corrected chi connectivity index (χ0v) is 10.1. The van der Waals surface area contributed by atoms with Crippen LogP contribution >= 0.6 is 0 Å². The maximum Gasteiger partial charge on any atom is 0.0786 e. The maximum atomic E-state index is 2.54. The van der Waals surface area contributed by atoms with Gasteiger partial charge in [0.15, 0.2) is 0 Å². The highest BCUT2D eigenvalue weighted by Gasteiger charge is 2.31. The monoisotopic (exact) mass is 217 g/mol. The Bertz CT molecular complexity index is 154. The van der Waals surface area contributed by atoms with Gasteiger partial charge in [0.05, 0.1) is 13.1 Å². The molecule has 1 heterocycles. The lowest BCUT2D eigenvalue weighted by Gasteiger charge is -2.36. The molecule has 1 aliphatic heterocycles. The predicted octanol–water partition coefficient (Wildman–Crippen LogP) is -1.21. The Hall–Kier alpha value is 0.250. The molecule has 3 unspecified atom stereocenters. The smallest absolute Gasteiger partial charge is 0.0786 e. The van der Waals surface area contributed by atoms with Gasteiger partial charge in [0.2, 0.25) is 0 Å². The summed E-state index contributed by atoms with van der Waals surface area (Å²) in [4.78, 5) is 0. The van der Waals surface area contributed by atoms with E-state index in [0.717, 1.165) is 17.8 Å². The Morgan fingerprint density at radius 3 is 2.43 bits per heavy atom. The second-order valence-electron chi connectivity index (χ2n) is 5.14. The molecule has 2 N–H and O–H groups in total. The molecule has 1 aliphatic carbocycles. The number of rotatable bonds is 1. The van der Waals surface area contributed by atoms with E-state index in [0.29, 0.717) is 0 Å². The van der Waals surface area contributed by atoms with Crippen LogP contribution in [0.15, 0.2) is 0 Å². The van der Waals surface area contributed by atoms with E-state index >= 15 is 0 Å². The first-order chi connectivity index (χ1) is 6.38. The largest absolute Gasteiger partial charge is 1.00 e. The van der Waals surface area contributed by atoms with Crippen molar-refractivity contribution in [3.8, 4) is 0 Å². The Labute approximate surface area is 94.4 Å². The standard InChI is InChI=1S/C12H23N.ClH/c1-10-5-2-3-7-12(10)11-6-4-8-13-9-11;/h10-13H,2-9H2,1H3;1H. The second kappa shape index (κ2) is 5.97. The molecule has 0 aromatic rings. The molecular formula is C12H24ClN. The molecule has 14 heavy (non-hydrogen) atoms. The molecule has 1 saturated heterocycles. The van der Waals surface area contributed by atoms with Crippen LogP contribution in [0.5, 0.6) is 0 Å². The summed E-state index contributed by atoms with van der Waals surface area (Å²) in [5, 5.41) is 2.54. The minimum atomic E-state index is 0. The summed E-state index contributed by atoms with van der Waals surface area (Å²) in [5.74, 6) is 3.15. The van der Waals surface area contributed by atoms with Crippen LogP contribution in [0, 0.1) is 17.8 Å². The van der Waals surface area contributed by atoms with Crippen molar-refractivity contribution in [3.63, 3.8) is 0 Å². The highest BCUT2D eigenvalue weighted by Crippen LogP contribution is 2.36. The highest BCUT2D eigenvalue weighted by atomic mass is 35.5. The summed E-state index contributed by atoms with van der Waals surface area (Å²) < 4.78 is 0. The lowest BCUT2D eigenvalue weighted by molar-refractivity contribution is -0.670. The summed E-state index contributed by atoms with van der Waals surface area (Å²) in [6, 6.07) is 0. The van der Waals surface area contributed by atoms with Gasteiger partial charge in [-0.25, -0.2) is 0 Å². The van der Waals surface area contributed by atoms with Gasteiger partial charge in [0.25, 0.3) is 0 Å². The molecule has 2 aliphatic rings. The minimum Gasteiger partial charge on any atom is -1.00 e. The molecule has 0 spiro atoms. The zero-order valence-electron chi connectivity index (χ0n) is 9.34. The van der Waals surface area contributed by atoms with E-state index in [4.69, 9.17) is 0 Å². The van der Waals surface area contributed by atoms with Crippen molar-refractivity contribution >= 4 is 0 Å². The molecule has 1 saturated carbocycles. The van der Waals surface area contributed by atoms with Crippen molar-refractivity contribution in [2.45, 2.75) is 45.4 Å². The van der Waals surface area contributed by atoms with Gasteiger partial charge in [-0.1, -0.05) is 26.2 Å². The Morgan fingerprint density at radius 2 is 1.79 bits per heavy atom. The average Bonchev–Trinajstić information content (AvgIpc) is 2.20. The van der Waals surface area contributed by atoms with Crippen LogP contribution in [0.1, 0.15) is 45.4 Å². The molecule has 2 fully saturated rings. The molecule has 0 aromatic heterocycles. The molecule has 0 amide bonds. The van der Waals surface area contributed by atoms with Crippen molar-refractivity contribution < 1.29 is 17.7 Å². The van der Waals surface area contributed by atoms with Gasteiger partial charge in [-0.15, -0.1) is 0 Å². The third-order valence-electron chi connectivity index (χ3n) is 4.24. The highest BCUT2D eigenvalue weighted by molar-refractivity contribution is 4.79. The molecule has 0 aromatic carbocycles. The number of quaternary nitrogens is 1. The second-order valence-corrected chi connectivity index (χ2v) is 5.14. The summed E-state index contributed by atoms with van der Waals surface area (Å²) in [5.41, 5.74) is 0. The van der Waals surface area contributed by atoms with Crippen LogP contribution in [-0.4, -0.2) is 13.1 Å². The fourth-order valence-corrected chi connectivity index (χ4v) is 3.41. The van der Waals surface area contributed by atoms with Crippen LogP contribution in [-0.2, 0) is 0 Å². The first kappa shape index (κ1) is 12.3. The molecule has 84 valence electrons. The Kier molecular flexibility index (Phi) is 5.25. The van der Waals surface area contributed by atoms with Crippen LogP contribution in [0.2, 0.25) is 0 Å². The summed E-state index contributed by atoms with van der Waals surface area (Å²) in [7, 11) is 0. The summed E-state index contributed by atoms with van der Waals surface area (Å²) in [6.07, 6.45) is 9.01. The van der Waals surface area contributed by atoms with E-state index in [1.807, 2.05) is 0 Å². The number of hydrogen-bond acceptors (Lipinski definition) is 0. The van der Waals surface area contributed by atoms with Crippen LogP contribution in [0.25, 0.3) is 0 Å². The summed E-state index contributed by atoms with van der Waals surface area (Å²) >= 11 is 0. The van der Waals surface area contributed by atoms with Gasteiger partial charge in [-0.2, -0.15) is 0 Å². The van der Waals surface area contributed by atoms with Crippen LogP contribution < -0.4 is 17.7 Å². The molecule has 0 radical (unpaired) electrons. The Balaban J connectivity index is 0.000000980. The fraction of sp³-hybridized carbons (Fsp3) is 1.00. The SMILES string of the molecule is CC1CCCCC1C1CCC[NH2+]C1.[Cl-]. The fourth-order valence-electron chi connectivity index (χ4n) is 3.41. The number of piperidine rings is 1. The van der Waals surface area contributed by atoms with Gasteiger partial charge in [0, 0.05) is 5.92 Å². The summed E-state index contributed by atoms with van der Waals surface area (Å²) in [6.45, 7) is 5.30. The number of halogens is 1. The molecular weight excluding hydrogens is 194 g/mol. The van der Waals surface area contributed by atoms with Crippen LogP contribution in [0.4, 0.5) is 0 Å². The molecule has 0 bridgehead atoms. The van der Waals surface area contributed by atoms with E-state index in [2.05, 4.69) is 12.2 Å². The van der Waals surface area contributed by atoms with E-state index in [1.165, 1.54) is 51.6 Å². The quantitative estimate of drug-likeness (QED) is 0.568. The van der Waals surface area contributed by atoms with Crippen molar-refractivity contribution in [3.05, 3.63) is 0 Å². The van der Waals surface area contributed by atoms with Crippen molar-refractivity contribution in [2.75, 3.05) is 13.1 Å². The Morgan fingerprint density at radius 1 is 1.00 bits per heavy atom. The van der Waals surface area contributed by atoms with E-state index in [1.54, 1.807) is 0 Å². The molecule has 2 rings (SSSR count). The first-order valence-electron chi connectivity index (χ1n) is 6.19. The van der Waals surface area contributed by atoms with Gasteiger partial charge >= 0.3 is 0 Å². The predicted molar refractivity (Wildman–Crippen MR) is 55.5 cm³/mol. The average molecular weight is 218 g/mol. The third-order valence-corrected chi connectivity index (χ3v) is 4.24. The van der Waals surface area contributed by atoms with Crippen molar-refractivity contribution in [2.24, 2.45) is 17.8 Å². The van der Waals surface area contributed by atoms with E-state index in [-0.39, 0.29) is 12.4 Å². The topological polar surface area (TPSA) is 16.6 Å². The van der Waals surface area contributed by atoms with Gasteiger partial charge in [-0.3, -0.25) is 0 Å². The first-order valence-corrected chi connectivity index (χ1v) is 6.19. The minimum absolute atomic E-state index is 0. The lowest BCUT2D eigenvalue weighted by Crippen LogP contribution is -3.00. The van der Waals surface area contributed by atoms with Gasteiger partial charge in [-0.05, 0) is 31.1 Å². The molecule has 2 heteroatoms. The third kappa shape index (κ3) is 2.87. The zero-order chi connectivity index (χ0) is 9.10. The van der Waals surface area contributed by atoms with Gasteiger partial charge in [0.1, 0.15) is 0 Å². The molecule has 3 atom stereocenters. The number of hydrogen-bond donors (Lipinski definition) is 1. The number of nitrogens with two attached hydrogens (primary N) is 1. The van der Waals surface area contributed by atoms with Crippen molar-refractivity contribution in [1.29, 1.82) is 0 Å². The maximum absolute atomic E-state index is 2.54. The molecule has 1 nitrogen and oxygen atoms in total. The van der Waals surface area contributed by atoms with E-state index < -0.39 is 0 Å². The van der Waals surface area contributed by atoms with Crippen molar-refractivity contribution in [1.82, 2.24) is 0 Å². The van der Waals surface area contributed by atoms with Crippen LogP contribution in [0.3, 0.4) is 0 Å². The van der Waals surface area contributed by atoms with Gasteiger partial charge < -0.3 is 17.7 Å². The lowest BCUT2D eigenvalue weighted by atomic mass is 9.71.